The molecular formula is C19H15N5O2S. The van der Waals surface area contributed by atoms with E-state index in [1.807, 2.05) is 29.6 Å². The monoisotopic (exact) mass is 377 g/mol. The summed E-state index contributed by atoms with van der Waals surface area (Å²) in [7, 11) is 0. The van der Waals surface area contributed by atoms with Crippen molar-refractivity contribution in [2.75, 3.05) is 5.32 Å². The van der Waals surface area contributed by atoms with E-state index in [1.54, 1.807) is 23.5 Å². The fourth-order valence-electron chi connectivity index (χ4n) is 3.15. The Hall–Kier alpha value is -3.57. The van der Waals surface area contributed by atoms with Crippen LogP contribution in [0.5, 0.6) is 5.88 Å². The first-order valence-electron chi connectivity index (χ1n) is 8.15. The minimum Gasteiger partial charge on any atom is -0.420 e. The molecule has 1 aromatic carbocycles. The van der Waals surface area contributed by atoms with Gasteiger partial charge in [-0.3, -0.25) is 9.89 Å². The van der Waals surface area contributed by atoms with Crippen LogP contribution in [0.25, 0.3) is 10.6 Å². The number of carbonyl (C=O) groups is 1. The molecular weight excluding hydrogens is 362 g/mol. The van der Waals surface area contributed by atoms with Gasteiger partial charge < -0.3 is 15.8 Å². The smallest absolute Gasteiger partial charge is 0.244 e. The van der Waals surface area contributed by atoms with Crippen LogP contribution in [-0.2, 0) is 4.79 Å². The largest absolute Gasteiger partial charge is 0.420 e. The van der Waals surface area contributed by atoms with Crippen LogP contribution in [0.3, 0.4) is 0 Å². The van der Waals surface area contributed by atoms with Crippen LogP contribution in [0, 0.1) is 11.3 Å². The summed E-state index contributed by atoms with van der Waals surface area (Å²) in [5, 5.41) is 21.7. The van der Waals surface area contributed by atoms with Gasteiger partial charge in [-0.2, -0.15) is 5.26 Å². The predicted molar refractivity (Wildman–Crippen MR) is 102 cm³/mol. The average Bonchev–Trinajstić information content (AvgIpc) is 3.30. The van der Waals surface area contributed by atoms with Gasteiger partial charge in [0, 0.05) is 12.6 Å². The third kappa shape index (κ3) is 2.94. The number of anilines is 1. The van der Waals surface area contributed by atoms with Gasteiger partial charge in [-0.1, -0.05) is 18.2 Å². The molecule has 0 saturated heterocycles. The van der Waals surface area contributed by atoms with E-state index in [2.05, 4.69) is 21.6 Å². The van der Waals surface area contributed by atoms with Gasteiger partial charge >= 0.3 is 0 Å². The first-order chi connectivity index (χ1) is 13.1. The lowest BCUT2D eigenvalue weighted by atomic mass is 9.84. The second-order valence-electron chi connectivity index (χ2n) is 6.02. The summed E-state index contributed by atoms with van der Waals surface area (Å²) in [6.45, 7) is 1.45. The molecule has 1 amide bonds. The highest BCUT2D eigenvalue weighted by Gasteiger charge is 2.35. The van der Waals surface area contributed by atoms with Crippen molar-refractivity contribution in [2.45, 2.75) is 12.8 Å². The third-order valence-electron chi connectivity index (χ3n) is 4.27. The van der Waals surface area contributed by atoms with E-state index in [4.69, 9.17) is 10.5 Å². The average molecular weight is 377 g/mol. The van der Waals surface area contributed by atoms with Crippen molar-refractivity contribution >= 4 is 22.9 Å². The van der Waals surface area contributed by atoms with Crippen LogP contribution in [-0.4, -0.2) is 16.1 Å². The van der Waals surface area contributed by atoms with Gasteiger partial charge in [-0.25, -0.2) is 0 Å². The summed E-state index contributed by atoms with van der Waals surface area (Å²) in [4.78, 5) is 12.2. The number of rotatable bonds is 3. The minimum absolute atomic E-state index is 0.0465. The molecule has 7 nitrogen and oxygen atoms in total. The quantitative estimate of drug-likeness (QED) is 0.647. The van der Waals surface area contributed by atoms with E-state index in [9.17, 15) is 10.1 Å². The second-order valence-corrected chi connectivity index (χ2v) is 6.97. The Labute approximate surface area is 159 Å². The number of ether oxygens (including phenoxy) is 1. The fraction of sp³-hybridized carbons (Fsp3) is 0.105. The van der Waals surface area contributed by atoms with Crippen LogP contribution >= 0.6 is 11.3 Å². The van der Waals surface area contributed by atoms with Crippen molar-refractivity contribution in [3.63, 3.8) is 0 Å². The number of allylic oxidation sites excluding steroid dienone is 1. The van der Waals surface area contributed by atoms with E-state index in [-0.39, 0.29) is 11.8 Å². The number of hydrogen-bond acceptors (Lipinski definition) is 6. The summed E-state index contributed by atoms with van der Waals surface area (Å²) in [6.07, 6.45) is 0. The topological polar surface area (TPSA) is 117 Å². The standard InChI is InChI=1S/C19H15N5O2S/c1-10(25)22-12-6-4-11(5-7-12)15-13(9-20)18(21)26-19-16(15)17(23-24-19)14-3-2-8-27-14/h2-8,15H,21H2,1H3,(H,22,25)(H,23,24)/t15-/m1/s1. The Morgan fingerprint density at radius 3 is 2.78 bits per heavy atom. The number of aromatic amines is 1. The van der Waals surface area contributed by atoms with E-state index in [1.165, 1.54) is 6.92 Å². The Morgan fingerprint density at radius 2 is 2.15 bits per heavy atom. The predicted octanol–water partition coefficient (Wildman–Crippen LogP) is 3.31. The molecule has 1 atom stereocenters. The van der Waals surface area contributed by atoms with E-state index in [0.717, 1.165) is 21.7 Å². The number of carbonyl (C=O) groups excluding carboxylic acids is 1. The summed E-state index contributed by atoms with van der Waals surface area (Å²) in [5.41, 5.74) is 9.42. The maximum absolute atomic E-state index is 11.2. The molecule has 0 fully saturated rings. The molecule has 0 unspecified atom stereocenters. The van der Waals surface area contributed by atoms with Crippen molar-refractivity contribution < 1.29 is 9.53 Å². The van der Waals surface area contributed by atoms with Crippen molar-refractivity contribution in [1.82, 2.24) is 10.2 Å². The summed E-state index contributed by atoms with van der Waals surface area (Å²) in [5.74, 6) is -0.148. The summed E-state index contributed by atoms with van der Waals surface area (Å²) < 4.78 is 5.58. The molecule has 2 aromatic heterocycles. The number of H-pyrrole nitrogens is 1. The van der Waals surface area contributed by atoms with Crippen molar-refractivity contribution in [1.29, 1.82) is 5.26 Å². The van der Waals surface area contributed by atoms with Gasteiger partial charge in [0.25, 0.3) is 0 Å². The van der Waals surface area contributed by atoms with Gasteiger partial charge in [-0.15, -0.1) is 16.4 Å². The number of amides is 1. The second kappa shape index (κ2) is 6.63. The van der Waals surface area contributed by atoms with Crippen molar-refractivity contribution in [2.24, 2.45) is 5.73 Å². The molecule has 3 aromatic rings. The number of aromatic nitrogens is 2. The van der Waals surface area contributed by atoms with Crippen LogP contribution in [0.1, 0.15) is 24.0 Å². The van der Waals surface area contributed by atoms with E-state index < -0.39 is 5.92 Å². The van der Waals surface area contributed by atoms with E-state index >= 15 is 0 Å². The molecule has 134 valence electrons. The van der Waals surface area contributed by atoms with Gasteiger partial charge in [0.05, 0.1) is 22.1 Å². The molecule has 0 saturated carbocycles. The van der Waals surface area contributed by atoms with Gasteiger partial charge in [-0.05, 0) is 29.1 Å². The van der Waals surface area contributed by atoms with Gasteiger partial charge in [0.2, 0.25) is 17.7 Å². The molecule has 1 aliphatic rings. The van der Waals surface area contributed by atoms with Crippen LogP contribution in [0.15, 0.2) is 53.2 Å². The number of nitrogens with two attached hydrogens (primary N) is 1. The number of hydrogen-bond donors (Lipinski definition) is 3. The molecule has 27 heavy (non-hydrogen) atoms. The molecule has 0 aliphatic carbocycles. The first-order valence-corrected chi connectivity index (χ1v) is 9.03. The molecule has 8 heteroatoms. The van der Waals surface area contributed by atoms with Gasteiger partial charge in [0.15, 0.2) is 0 Å². The van der Waals surface area contributed by atoms with E-state index in [0.29, 0.717) is 17.1 Å². The number of nitrogens with zero attached hydrogens (tertiary/aromatic N) is 2. The Kier molecular flexibility index (Phi) is 4.14. The number of benzene rings is 1. The molecule has 4 N–H and O–H groups in total. The first kappa shape index (κ1) is 16.9. The molecule has 4 rings (SSSR count). The minimum atomic E-state index is -0.416. The number of nitriles is 1. The third-order valence-corrected chi connectivity index (χ3v) is 5.16. The molecule has 3 heterocycles. The van der Waals surface area contributed by atoms with Gasteiger partial charge in [0.1, 0.15) is 11.6 Å². The molecule has 0 spiro atoms. The molecule has 0 radical (unpaired) electrons. The zero-order valence-electron chi connectivity index (χ0n) is 14.3. The highest BCUT2D eigenvalue weighted by atomic mass is 32.1. The number of thiophene rings is 1. The zero-order chi connectivity index (χ0) is 19.0. The zero-order valence-corrected chi connectivity index (χ0v) is 15.1. The fourth-order valence-corrected chi connectivity index (χ4v) is 3.88. The van der Waals surface area contributed by atoms with Crippen LogP contribution in [0.4, 0.5) is 5.69 Å². The summed E-state index contributed by atoms with van der Waals surface area (Å²) in [6, 6.07) is 13.4. The maximum Gasteiger partial charge on any atom is 0.244 e. The normalized spacial score (nSPS) is 15.6. The Bertz CT molecular complexity index is 1070. The number of nitrogens with one attached hydrogen (secondary N) is 2. The lowest BCUT2D eigenvalue weighted by molar-refractivity contribution is -0.114. The highest BCUT2D eigenvalue weighted by molar-refractivity contribution is 7.13. The summed E-state index contributed by atoms with van der Waals surface area (Å²) >= 11 is 1.57. The lowest BCUT2D eigenvalue weighted by Gasteiger charge is -2.24. The van der Waals surface area contributed by atoms with Crippen LogP contribution < -0.4 is 15.8 Å². The van der Waals surface area contributed by atoms with Crippen molar-refractivity contribution in [3.05, 3.63) is 64.4 Å². The lowest BCUT2D eigenvalue weighted by Crippen LogP contribution is -2.21. The van der Waals surface area contributed by atoms with Crippen LogP contribution in [0.2, 0.25) is 0 Å². The number of fused-ring (bicyclic) bond motifs is 1. The Morgan fingerprint density at radius 1 is 1.37 bits per heavy atom. The highest BCUT2D eigenvalue weighted by Crippen LogP contribution is 2.46. The Balaban J connectivity index is 1.85. The molecule has 1 aliphatic heterocycles. The SMILES string of the molecule is CC(=O)Nc1ccc([C@@H]2C(C#N)=C(N)Oc3n[nH]c(-c4cccs4)c32)cc1. The maximum atomic E-state index is 11.2. The molecule has 0 bridgehead atoms. The van der Waals surface area contributed by atoms with Crippen molar-refractivity contribution in [3.8, 4) is 22.5 Å².